The minimum Gasteiger partial charge on any atom is -0.400 e. The zero-order chi connectivity index (χ0) is 10.7. The van der Waals surface area contributed by atoms with Gasteiger partial charge in [-0.1, -0.05) is 27.7 Å². The Morgan fingerprint density at radius 3 is 2.00 bits per heavy atom. The highest BCUT2D eigenvalue weighted by Gasteiger charge is 2.39. The molecule has 0 atom stereocenters. The van der Waals surface area contributed by atoms with Crippen LogP contribution in [0.25, 0.3) is 0 Å². The van der Waals surface area contributed by atoms with Gasteiger partial charge in [-0.25, -0.2) is 0 Å². The molecule has 0 aliphatic carbocycles. The van der Waals surface area contributed by atoms with Gasteiger partial charge in [-0.05, 0) is 11.8 Å². The fourth-order valence-electron chi connectivity index (χ4n) is 1.90. The van der Waals surface area contributed by atoms with Gasteiger partial charge in [0.25, 0.3) is 0 Å². The van der Waals surface area contributed by atoms with Gasteiger partial charge in [0.2, 0.25) is 5.91 Å². The number of amides is 1. The maximum atomic E-state index is 11.3. The van der Waals surface area contributed by atoms with Crippen LogP contribution < -0.4 is 5.32 Å². The molecule has 78 valence electrons. The second-order valence-corrected chi connectivity index (χ2v) is 4.91. The molecule has 0 radical (unpaired) electrons. The molecule has 3 nitrogen and oxygen atoms in total. The molecular weight excluding hydrogens is 166 g/mol. The first-order valence-corrected chi connectivity index (χ1v) is 4.57. The van der Waals surface area contributed by atoms with Gasteiger partial charge in [-0.15, -0.1) is 0 Å². The lowest BCUT2D eigenvalue weighted by Crippen LogP contribution is -2.50. The SMILES string of the molecule is CC1(C)CNC(=O)C(C)(C)C1.CO. The normalized spacial score (nSPS) is 24.0. The molecule has 1 heterocycles. The third-order valence-electron chi connectivity index (χ3n) is 2.26. The van der Waals surface area contributed by atoms with Crippen LogP contribution in [0.1, 0.15) is 34.1 Å². The summed E-state index contributed by atoms with van der Waals surface area (Å²) in [5.74, 6) is 0.192. The number of carbonyl (C=O) groups excluding carboxylic acids is 1. The molecule has 1 aliphatic heterocycles. The predicted octanol–water partition coefficient (Wildman–Crippen LogP) is 1.17. The quantitative estimate of drug-likeness (QED) is 0.598. The lowest BCUT2D eigenvalue weighted by atomic mass is 9.71. The van der Waals surface area contributed by atoms with E-state index in [4.69, 9.17) is 5.11 Å². The van der Waals surface area contributed by atoms with E-state index in [1.165, 1.54) is 0 Å². The Labute approximate surface area is 80.5 Å². The van der Waals surface area contributed by atoms with E-state index in [1.807, 2.05) is 13.8 Å². The summed E-state index contributed by atoms with van der Waals surface area (Å²) in [6.45, 7) is 9.20. The molecule has 1 aliphatic rings. The van der Waals surface area contributed by atoms with Gasteiger partial charge in [0.1, 0.15) is 0 Å². The lowest BCUT2D eigenvalue weighted by molar-refractivity contribution is -0.134. The molecule has 1 rings (SSSR count). The maximum Gasteiger partial charge on any atom is 0.225 e. The Morgan fingerprint density at radius 1 is 1.23 bits per heavy atom. The summed E-state index contributed by atoms with van der Waals surface area (Å²) in [5.41, 5.74) is 0.0825. The Morgan fingerprint density at radius 2 is 1.69 bits per heavy atom. The fourth-order valence-corrected chi connectivity index (χ4v) is 1.90. The van der Waals surface area contributed by atoms with Gasteiger partial charge < -0.3 is 10.4 Å². The summed E-state index contributed by atoms with van der Waals surface area (Å²) in [5, 5.41) is 9.92. The van der Waals surface area contributed by atoms with Crippen molar-refractivity contribution < 1.29 is 9.90 Å². The number of hydrogen-bond donors (Lipinski definition) is 2. The standard InChI is InChI=1S/C9H17NO.CH4O/c1-8(2)5-9(3,4)7(11)10-6-8;1-2/h5-6H2,1-4H3,(H,10,11);2H,1H3. The summed E-state index contributed by atoms with van der Waals surface area (Å²) in [6, 6.07) is 0. The zero-order valence-electron chi connectivity index (χ0n) is 9.27. The second-order valence-electron chi connectivity index (χ2n) is 4.91. The van der Waals surface area contributed by atoms with E-state index in [9.17, 15) is 4.79 Å². The first-order valence-electron chi connectivity index (χ1n) is 4.57. The van der Waals surface area contributed by atoms with Crippen LogP contribution in [-0.4, -0.2) is 24.7 Å². The number of nitrogens with one attached hydrogen (secondary N) is 1. The molecular formula is C10H21NO2. The predicted molar refractivity (Wildman–Crippen MR) is 53.3 cm³/mol. The van der Waals surface area contributed by atoms with Crippen molar-refractivity contribution in [1.29, 1.82) is 0 Å². The van der Waals surface area contributed by atoms with E-state index in [1.54, 1.807) is 0 Å². The first kappa shape index (κ1) is 12.4. The Balaban J connectivity index is 0.000000671. The highest BCUT2D eigenvalue weighted by atomic mass is 16.2. The van der Waals surface area contributed by atoms with Gasteiger partial charge in [-0.2, -0.15) is 0 Å². The van der Waals surface area contributed by atoms with Crippen LogP contribution in [0, 0.1) is 10.8 Å². The van der Waals surface area contributed by atoms with Gasteiger partial charge in [0, 0.05) is 19.1 Å². The summed E-state index contributed by atoms with van der Waals surface area (Å²) < 4.78 is 0. The van der Waals surface area contributed by atoms with Gasteiger partial charge in [-0.3, -0.25) is 4.79 Å². The molecule has 0 spiro atoms. The summed E-state index contributed by atoms with van der Waals surface area (Å²) in [4.78, 5) is 11.3. The second kappa shape index (κ2) is 4.09. The topological polar surface area (TPSA) is 49.3 Å². The molecule has 0 saturated carbocycles. The minimum absolute atomic E-state index is 0.179. The molecule has 2 N–H and O–H groups in total. The largest absolute Gasteiger partial charge is 0.400 e. The van der Waals surface area contributed by atoms with Gasteiger partial charge >= 0.3 is 0 Å². The van der Waals surface area contributed by atoms with Crippen molar-refractivity contribution in [3.63, 3.8) is 0 Å². The molecule has 13 heavy (non-hydrogen) atoms. The van der Waals surface area contributed by atoms with E-state index in [2.05, 4.69) is 19.2 Å². The lowest BCUT2D eigenvalue weighted by Gasteiger charge is -2.39. The molecule has 0 aromatic carbocycles. The average Bonchev–Trinajstić information content (AvgIpc) is 2.00. The monoisotopic (exact) mass is 187 g/mol. The van der Waals surface area contributed by atoms with Crippen LogP contribution in [0.4, 0.5) is 0 Å². The van der Waals surface area contributed by atoms with Crippen molar-refractivity contribution in [2.75, 3.05) is 13.7 Å². The number of carbonyl (C=O) groups is 1. The molecule has 0 aromatic rings. The molecule has 0 bridgehead atoms. The summed E-state index contributed by atoms with van der Waals surface area (Å²) in [6.07, 6.45) is 0.978. The van der Waals surface area contributed by atoms with Crippen molar-refractivity contribution in [3.8, 4) is 0 Å². The van der Waals surface area contributed by atoms with E-state index >= 15 is 0 Å². The summed E-state index contributed by atoms with van der Waals surface area (Å²) >= 11 is 0. The number of aliphatic hydroxyl groups excluding tert-OH is 1. The fraction of sp³-hybridized carbons (Fsp3) is 0.900. The van der Waals surface area contributed by atoms with Crippen LogP contribution in [0.15, 0.2) is 0 Å². The maximum absolute atomic E-state index is 11.3. The zero-order valence-corrected chi connectivity index (χ0v) is 9.27. The first-order chi connectivity index (χ1) is 5.83. The van der Waals surface area contributed by atoms with E-state index in [0.29, 0.717) is 0 Å². The van der Waals surface area contributed by atoms with Crippen LogP contribution in [-0.2, 0) is 4.79 Å². The number of rotatable bonds is 0. The van der Waals surface area contributed by atoms with Crippen LogP contribution in [0.3, 0.4) is 0 Å². The van der Waals surface area contributed by atoms with Crippen LogP contribution >= 0.6 is 0 Å². The van der Waals surface area contributed by atoms with Crippen molar-refractivity contribution in [1.82, 2.24) is 5.32 Å². The molecule has 1 fully saturated rings. The van der Waals surface area contributed by atoms with Crippen molar-refractivity contribution in [2.45, 2.75) is 34.1 Å². The van der Waals surface area contributed by atoms with Gasteiger partial charge in [0.05, 0.1) is 0 Å². The molecule has 0 aromatic heterocycles. The average molecular weight is 187 g/mol. The smallest absolute Gasteiger partial charge is 0.225 e. The summed E-state index contributed by atoms with van der Waals surface area (Å²) in [7, 11) is 1.00. The van der Waals surface area contributed by atoms with Crippen molar-refractivity contribution in [3.05, 3.63) is 0 Å². The molecule has 0 unspecified atom stereocenters. The van der Waals surface area contributed by atoms with E-state index in [0.717, 1.165) is 20.1 Å². The van der Waals surface area contributed by atoms with Crippen LogP contribution in [0.2, 0.25) is 0 Å². The van der Waals surface area contributed by atoms with Crippen LogP contribution in [0.5, 0.6) is 0 Å². The number of piperidine rings is 1. The van der Waals surface area contributed by atoms with Crippen molar-refractivity contribution in [2.24, 2.45) is 10.8 Å². The number of hydrogen-bond acceptors (Lipinski definition) is 2. The van der Waals surface area contributed by atoms with E-state index in [-0.39, 0.29) is 16.7 Å². The number of aliphatic hydroxyl groups is 1. The molecule has 3 heteroatoms. The minimum atomic E-state index is -0.179. The Bertz CT molecular complexity index is 185. The molecule has 1 amide bonds. The van der Waals surface area contributed by atoms with Crippen molar-refractivity contribution >= 4 is 5.91 Å². The third kappa shape index (κ3) is 3.35. The Kier molecular flexibility index (Phi) is 3.91. The molecule has 1 saturated heterocycles. The third-order valence-corrected chi connectivity index (χ3v) is 2.26. The Hall–Kier alpha value is -0.570. The highest BCUT2D eigenvalue weighted by molar-refractivity contribution is 5.82. The van der Waals surface area contributed by atoms with Gasteiger partial charge in [0.15, 0.2) is 0 Å². The highest BCUT2D eigenvalue weighted by Crippen LogP contribution is 2.36. The van der Waals surface area contributed by atoms with E-state index < -0.39 is 0 Å².